The fourth-order valence-corrected chi connectivity index (χ4v) is 1.29. The molecule has 3 heteroatoms. The number of nitrogens with one attached hydrogen (secondary N) is 1. The maximum Gasteiger partial charge on any atom is 0.0661 e. The molecule has 1 N–H and O–H groups in total. The maximum atomic E-state index is 5.51. The minimum absolute atomic E-state index is 0.268. The smallest absolute Gasteiger partial charge is 0.0661 e. The molecular formula is C11H18N2O. The fourth-order valence-electron chi connectivity index (χ4n) is 1.29. The molecule has 1 aromatic heterocycles. The van der Waals surface area contributed by atoms with Gasteiger partial charge >= 0.3 is 0 Å². The highest BCUT2D eigenvalue weighted by Crippen LogP contribution is 2.11. The Bertz CT molecular complexity index is 238. The van der Waals surface area contributed by atoms with Crippen molar-refractivity contribution in [3.63, 3.8) is 0 Å². The molecule has 0 bridgehead atoms. The lowest BCUT2D eigenvalue weighted by molar-refractivity contribution is 0.114. The summed E-state index contributed by atoms with van der Waals surface area (Å²) in [4.78, 5) is 3.99. The van der Waals surface area contributed by atoms with Gasteiger partial charge < -0.3 is 10.1 Å². The van der Waals surface area contributed by atoms with Crippen molar-refractivity contribution in [3.8, 4) is 0 Å². The standard InChI is InChI=1S/C11H18N2O/c1-3-8-14-9-11(12-2)10-4-6-13-7-5-10/h4-7,11-12H,3,8-9H2,1-2H3. The lowest BCUT2D eigenvalue weighted by atomic mass is 10.1. The monoisotopic (exact) mass is 194 g/mol. The van der Waals surface area contributed by atoms with Crippen LogP contribution >= 0.6 is 0 Å². The van der Waals surface area contributed by atoms with Gasteiger partial charge in [-0.2, -0.15) is 0 Å². The van der Waals surface area contributed by atoms with Gasteiger partial charge in [-0.25, -0.2) is 0 Å². The molecule has 3 nitrogen and oxygen atoms in total. The number of pyridine rings is 1. The predicted molar refractivity (Wildman–Crippen MR) is 57.1 cm³/mol. The van der Waals surface area contributed by atoms with Crippen molar-refractivity contribution in [2.75, 3.05) is 20.3 Å². The number of rotatable bonds is 6. The maximum absolute atomic E-state index is 5.51. The van der Waals surface area contributed by atoms with Gasteiger partial charge in [-0.05, 0) is 31.2 Å². The van der Waals surface area contributed by atoms with E-state index in [0.717, 1.165) is 13.0 Å². The topological polar surface area (TPSA) is 34.1 Å². The number of aromatic nitrogens is 1. The van der Waals surface area contributed by atoms with Crippen molar-refractivity contribution in [1.29, 1.82) is 0 Å². The third-order valence-electron chi connectivity index (χ3n) is 2.09. The molecule has 0 aliphatic rings. The van der Waals surface area contributed by atoms with E-state index in [4.69, 9.17) is 4.74 Å². The first-order valence-corrected chi connectivity index (χ1v) is 5.03. The zero-order valence-corrected chi connectivity index (χ0v) is 8.86. The first kappa shape index (κ1) is 11.1. The summed E-state index contributed by atoms with van der Waals surface area (Å²) in [5.41, 5.74) is 1.22. The van der Waals surface area contributed by atoms with Crippen molar-refractivity contribution in [1.82, 2.24) is 10.3 Å². The molecule has 0 aliphatic carbocycles. The third kappa shape index (κ3) is 3.44. The van der Waals surface area contributed by atoms with Crippen LogP contribution in [-0.4, -0.2) is 25.2 Å². The molecule has 0 fully saturated rings. The van der Waals surface area contributed by atoms with Gasteiger partial charge in [-0.15, -0.1) is 0 Å². The van der Waals surface area contributed by atoms with Crippen LogP contribution in [0.15, 0.2) is 24.5 Å². The summed E-state index contributed by atoms with van der Waals surface area (Å²) in [6, 6.07) is 4.29. The highest BCUT2D eigenvalue weighted by molar-refractivity contribution is 5.14. The van der Waals surface area contributed by atoms with Gasteiger partial charge in [0.25, 0.3) is 0 Å². The van der Waals surface area contributed by atoms with E-state index >= 15 is 0 Å². The van der Waals surface area contributed by atoms with Gasteiger partial charge in [0.1, 0.15) is 0 Å². The Balaban J connectivity index is 2.46. The van der Waals surface area contributed by atoms with Gasteiger partial charge in [0.2, 0.25) is 0 Å². The highest BCUT2D eigenvalue weighted by atomic mass is 16.5. The number of likely N-dealkylation sites (N-methyl/N-ethyl adjacent to an activating group) is 1. The van der Waals surface area contributed by atoms with Gasteiger partial charge in [0, 0.05) is 19.0 Å². The Labute approximate surface area is 85.5 Å². The van der Waals surface area contributed by atoms with E-state index in [-0.39, 0.29) is 6.04 Å². The predicted octanol–water partition coefficient (Wildman–Crippen LogP) is 1.77. The number of hydrogen-bond acceptors (Lipinski definition) is 3. The molecule has 0 aromatic carbocycles. The molecule has 1 rings (SSSR count). The Morgan fingerprint density at radius 1 is 1.43 bits per heavy atom. The lowest BCUT2D eigenvalue weighted by Crippen LogP contribution is -2.21. The Hall–Kier alpha value is -0.930. The number of ether oxygens (including phenoxy) is 1. The quantitative estimate of drug-likeness (QED) is 0.701. The number of hydrogen-bond donors (Lipinski definition) is 1. The Kier molecular flexibility index (Phi) is 5.19. The van der Waals surface area contributed by atoms with Crippen LogP contribution in [0.4, 0.5) is 0 Å². The summed E-state index contributed by atoms with van der Waals surface area (Å²) in [7, 11) is 1.94. The van der Waals surface area contributed by atoms with Gasteiger partial charge in [0.05, 0.1) is 12.6 Å². The van der Waals surface area contributed by atoms with E-state index in [1.165, 1.54) is 5.56 Å². The van der Waals surface area contributed by atoms with Crippen LogP contribution in [0.3, 0.4) is 0 Å². The van der Waals surface area contributed by atoms with Gasteiger partial charge in [0.15, 0.2) is 0 Å². The minimum atomic E-state index is 0.268. The normalized spacial score (nSPS) is 12.7. The molecule has 0 aliphatic heterocycles. The van der Waals surface area contributed by atoms with Crippen molar-refractivity contribution >= 4 is 0 Å². The first-order valence-electron chi connectivity index (χ1n) is 5.03. The molecule has 78 valence electrons. The van der Waals surface area contributed by atoms with Crippen molar-refractivity contribution < 1.29 is 4.74 Å². The SMILES string of the molecule is CCCOCC(NC)c1ccncc1. The second-order valence-corrected chi connectivity index (χ2v) is 3.20. The van der Waals surface area contributed by atoms with Crippen LogP contribution in [0.1, 0.15) is 24.9 Å². The summed E-state index contributed by atoms with van der Waals surface area (Å²) < 4.78 is 5.51. The van der Waals surface area contributed by atoms with Crippen LogP contribution in [0.25, 0.3) is 0 Å². The molecular weight excluding hydrogens is 176 g/mol. The molecule has 0 radical (unpaired) electrons. The van der Waals surface area contributed by atoms with Crippen molar-refractivity contribution in [2.24, 2.45) is 0 Å². The average Bonchev–Trinajstić information content (AvgIpc) is 2.26. The van der Waals surface area contributed by atoms with E-state index in [1.54, 1.807) is 12.4 Å². The summed E-state index contributed by atoms with van der Waals surface area (Å²) in [6.45, 7) is 3.65. The van der Waals surface area contributed by atoms with Crippen LogP contribution in [0.2, 0.25) is 0 Å². The zero-order chi connectivity index (χ0) is 10.2. The molecule has 0 amide bonds. The second kappa shape index (κ2) is 6.51. The van der Waals surface area contributed by atoms with Crippen LogP contribution in [0, 0.1) is 0 Å². The third-order valence-corrected chi connectivity index (χ3v) is 2.09. The molecule has 1 atom stereocenters. The molecule has 14 heavy (non-hydrogen) atoms. The van der Waals surface area contributed by atoms with E-state index < -0.39 is 0 Å². The first-order chi connectivity index (χ1) is 6.88. The highest BCUT2D eigenvalue weighted by Gasteiger charge is 2.07. The van der Waals surface area contributed by atoms with E-state index in [1.807, 2.05) is 19.2 Å². The lowest BCUT2D eigenvalue weighted by Gasteiger charge is -2.16. The summed E-state index contributed by atoms with van der Waals surface area (Å²) in [6.07, 6.45) is 4.67. The van der Waals surface area contributed by atoms with Gasteiger partial charge in [-0.1, -0.05) is 6.92 Å². The van der Waals surface area contributed by atoms with E-state index in [9.17, 15) is 0 Å². The minimum Gasteiger partial charge on any atom is -0.379 e. The summed E-state index contributed by atoms with van der Waals surface area (Å²) >= 11 is 0. The van der Waals surface area contributed by atoms with E-state index in [2.05, 4.69) is 17.2 Å². The fraction of sp³-hybridized carbons (Fsp3) is 0.545. The molecule has 1 heterocycles. The van der Waals surface area contributed by atoms with Crippen LogP contribution in [0.5, 0.6) is 0 Å². The van der Waals surface area contributed by atoms with E-state index in [0.29, 0.717) is 6.61 Å². The Morgan fingerprint density at radius 2 is 2.14 bits per heavy atom. The molecule has 1 aromatic rings. The molecule has 0 saturated heterocycles. The Morgan fingerprint density at radius 3 is 2.71 bits per heavy atom. The zero-order valence-electron chi connectivity index (χ0n) is 8.86. The summed E-state index contributed by atoms with van der Waals surface area (Å²) in [5, 5.41) is 3.22. The van der Waals surface area contributed by atoms with Gasteiger partial charge in [-0.3, -0.25) is 4.98 Å². The largest absolute Gasteiger partial charge is 0.379 e. The molecule has 0 spiro atoms. The molecule has 1 unspecified atom stereocenters. The van der Waals surface area contributed by atoms with Crippen molar-refractivity contribution in [3.05, 3.63) is 30.1 Å². The summed E-state index contributed by atoms with van der Waals surface area (Å²) in [5.74, 6) is 0. The second-order valence-electron chi connectivity index (χ2n) is 3.20. The van der Waals surface area contributed by atoms with Crippen LogP contribution < -0.4 is 5.32 Å². The van der Waals surface area contributed by atoms with Crippen molar-refractivity contribution in [2.45, 2.75) is 19.4 Å². The molecule has 0 saturated carbocycles. The number of nitrogens with zero attached hydrogens (tertiary/aromatic N) is 1. The van der Waals surface area contributed by atoms with Crippen LogP contribution in [-0.2, 0) is 4.74 Å². The average molecular weight is 194 g/mol.